The molecule has 8 nitrogen and oxygen atoms in total. The zero-order valence-electron chi connectivity index (χ0n) is 14.5. The van der Waals surface area contributed by atoms with Crippen LogP contribution < -0.4 is 15.4 Å². The first kappa shape index (κ1) is 15.6. The molecule has 2 bridgehead atoms. The third-order valence-corrected chi connectivity index (χ3v) is 5.68. The van der Waals surface area contributed by atoms with E-state index in [1.54, 1.807) is 19.4 Å². The fourth-order valence-electron chi connectivity index (χ4n) is 4.11. The zero-order chi connectivity index (χ0) is 18.0. The van der Waals surface area contributed by atoms with Crippen molar-refractivity contribution in [3.8, 4) is 0 Å². The van der Waals surface area contributed by atoms with E-state index in [0.717, 1.165) is 42.4 Å². The lowest BCUT2D eigenvalue weighted by atomic mass is 9.87. The Morgan fingerprint density at radius 2 is 2.00 bits per heavy atom. The minimum absolute atomic E-state index is 0.240. The molecule has 3 saturated heterocycles. The van der Waals surface area contributed by atoms with Crippen molar-refractivity contribution in [2.45, 2.75) is 25.4 Å². The van der Waals surface area contributed by atoms with E-state index in [4.69, 9.17) is 11.6 Å². The van der Waals surface area contributed by atoms with Crippen LogP contribution in [0.3, 0.4) is 0 Å². The van der Waals surface area contributed by atoms with Gasteiger partial charge in [0.2, 0.25) is 0 Å². The number of piperidine rings is 1. The minimum atomic E-state index is -0.261. The van der Waals surface area contributed by atoms with Crippen LogP contribution in [0.1, 0.15) is 12.1 Å². The SMILES string of the molecule is Cc1cc(N2C3CC2CN(c2cnn(C)c(=O)c2Cl)C3)n2nccc2n1. The normalized spacial score (nSPS) is 22.0. The van der Waals surface area contributed by atoms with Crippen LogP contribution in [0.4, 0.5) is 11.5 Å². The molecule has 0 amide bonds. The van der Waals surface area contributed by atoms with Crippen molar-refractivity contribution >= 4 is 28.8 Å². The van der Waals surface area contributed by atoms with Crippen LogP contribution in [0.2, 0.25) is 5.02 Å². The topological polar surface area (TPSA) is 71.6 Å². The summed E-state index contributed by atoms with van der Waals surface area (Å²) in [5.41, 5.74) is 2.30. The molecule has 2 unspecified atom stereocenters. The van der Waals surface area contributed by atoms with Crippen molar-refractivity contribution in [1.82, 2.24) is 24.4 Å². The summed E-state index contributed by atoms with van der Waals surface area (Å²) in [4.78, 5) is 21.2. The van der Waals surface area contributed by atoms with Crippen LogP contribution in [0.5, 0.6) is 0 Å². The van der Waals surface area contributed by atoms with Gasteiger partial charge in [-0.2, -0.15) is 14.7 Å². The maximum absolute atomic E-state index is 12.1. The highest BCUT2D eigenvalue weighted by molar-refractivity contribution is 6.33. The Hall–Kier alpha value is -2.61. The quantitative estimate of drug-likeness (QED) is 0.675. The molecule has 0 aliphatic carbocycles. The molecule has 0 N–H and O–H groups in total. The van der Waals surface area contributed by atoms with Crippen LogP contribution >= 0.6 is 11.6 Å². The third kappa shape index (κ3) is 2.14. The second kappa shape index (κ2) is 5.44. The molecule has 3 fully saturated rings. The summed E-state index contributed by atoms with van der Waals surface area (Å²) in [7, 11) is 1.61. The molecule has 3 aromatic rings. The predicted octanol–water partition coefficient (Wildman–Crippen LogP) is 1.25. The van der Waals surface area contributed by atoms with Crippen LogP contribution in [0.25, 0.3) is 5.65 Å². The number of aromatic nitrogens is 5. The van der Waals surface area contributed by atoms with Crippen LogP contribution in [-0.2, 0) is 7.05 Å². The van der Waals surface area contributed by atoms with Crippen LogP contribution in [0.15, 0.2) is 29.3 Å². The van der Waals surface area contributed by atoms with Gasteiger partial charge in [-0.1, -0.05) is 11.6 Å². The number of halogens is 1. The van der Waals surface area contributed by atoms with Gasteiger partial charge in [-0.3, -0.25) is 4.79 Å². The number of aryl methyl sites for hydroxylation is 2. The Kier molecular flexibility index (Phi) is 3.27. The number of rotatable bonds is 2. The van der Waals surface area contributed by atoms with E-state index in [0.29, 0.717) is 12.1 Å². The summed E-state index contributed by atoms with van der Waals surface area (Å²) in [5, 5.41) is 8.79. The molecule has 3 aliphatic heterocycles. The first-order valence-electron chi connectivity index (χ1n) is 8.59. The van der Waals surface area contributed by atoms with Crippen molar-refractivity contribution in [1.29, 1.82) is 0 Å². The Morgan fingerprint density at radius 1 is 1.23 bits per heavy atom. The second-order valence-electron chi connectivity index (χ2n) is 6.99. The average molecular weight is 372 g/mol. The molecule has 0 aromatic carbocycles. The molecule has 2 atom stereocenters. The summed E-state index contributed by atoms with van der Waals surface area (Å²) in [6.45, 7) is 3.61. The van der Waals surface area contributed by atoms with Gasteiger partial charge in [0.15, 0.2) is 5.65 Å². The first-order valence-corrected chi connectivity index (χ1v) is 8.97. The van der Waals surface area contributed by atoms with E-state index < -0.39 is 0 Å². The Balaban J connectivity index is 1.47. The van der Waals surface area contributed by atoms with Gasteiger partial charge in [-0.15, -0.1) is 0 Å². The Labute approximate surface area is 154 Å². The molecule has 6 heterocycles. The highest BCUT2D eigenvalue weighted by Gasteiger charge is 2.46. The van der Waals surface area contributed by atoms with Gasteiger partial charge in [0, 0.05) is 38.0 Å². The van der Waals surface area contributed by atoms with E-state index in [9.17, 15) is 4.79 Å². The van der Waals surface area contributed by atoms with Crippen molar-refractivity contribution < 1.29 is 0 Å². The molecule has 3 aliphatic rings. The zero-order valence-corrected chi connectivity index (χ0v) is 15.3. The molecule has 26 heavy (non-hydrogen) atoms. The summed E-state index contributed by atoms with van der Waals surface area (Å²) in [5.74, 6) is 1.08. The molecule has 134 valence electrons. The van der Waals surface area contributed by atoms with Crippen molar-refractivity contribution in [3.63, 3.8) is 0 Å². The molecule has 3 aromatic heterocycles. The largest absolute Gasteiger partial charge is 0.365 e. The van der Waals surface area contributed by atoms with Gasteiger partial charge in [0.25, 0.3) is 5.56 Å². The molecule has 0 spiro atoms. The van der Waals surface area contributed by atoms with E-state index in [2.05, 4.69) is 31.0 Å². The highest BCUT2D eigenvalue weighted by atomic mass is 35.5. The number of hydrogen-bond acceptors (Lipinski definition) is 6. The van der Waals surface area contributed by atoms with Gasteiger partial charge in [0.05, 0.1) is 30.2 Å². The van der Waals surface area contributed by atoms with Gasteiger partial charge in [-0.25, -0.2) is 9.67 Å². The predicted molar refractivity (Wildman–Crippen MR) is 99.1 cm³/mol. The smallest absolute Gasteiger partial charge is 0.287 e. The first-order chi connectivity index (χ1) is 12.5. The third-order valence-electron chi connectivity index (χ3n) is 5.33. The Morgan fingerprint density at radius 3 is 2.77 bits per heavy atom. The number of anilines is 2. The van der Waals surface area contributed by atoms with Crippen LogP contribution in [-0.4, -0.2) is 49.6 Å². The van der Waals surface area contributed by atoms with E-state index in [-0.39, 0.29) is 10.6 Å². The molecule has 6 rings (SSSR count). The maximum Gasteiger partial charge on any atom is 0.287 e. The van der Waals surface area contributed by atoms with Crippen LogP contribution in [0, 0.1) is 6.92 Å². The molecular formula is C17H18ClN7O. The highest BCUT2D eigenvalue weighted by Crippen LogP contribution is 2.39. The maximum atomic E-state index is 12.1. The van der Waals surface area contributed by atoms with Crippen molar-refractivity contribution in [3.05, 3.63) is 45.6 Å². The lowest BCUT2D eigenvalue weighted by molar-refractivity contribution is 0.287. The van der Waals surface area contributed by atoms with E-state index >= 15 is 0 Å². The monoisotopic (exact) mass is 371 g/mol. The summed E-state index contributed by atoms with van der Waals surface area (Å²) in [6, 6.07) is 4.71. The fourth-order valence-corrected chi connectivity index (χ4v) is 4.40. The van der Waals surface area contributed by atoms with Gasteiger partial charge in [0.1, 0.15) is 10.8 Å². The molecule has 0 saturated carbocycles. The van der Waals surface area contributed by atoms with Crippen molar-refractivity contribution in [2.75, 3.05) is 22.9 Å². The van der Waals surface area contributed by atoms with Gasteiger partial charge >= 0.3 is 0 Å². The minimum Gasteiger partial charge on any atom is -0.365 e. The second-order valence-corrected chi connectivity index (χ2v) is 7.36. The van der Waals surface area contributed by atoms with E-state index in [1.165, 1.54) is 4.68 Å². The lowest BCUT2D eigenvalue weighted by Crippen LogP contribution is -2.69. The Bertz CT molecular complexity index is 1060. The molecular weight excluding hydrogens is 354 g/mol. The fraction of sp³-hybridized carbons (Fsp3) is 0.412. The van der Waals surface area contributed by atoms with E-state index in [1.807, 2.05) is 17.5 Å². The van der Waals surface area contributed by atoms with Gasteiger partial charge < -0.3 is 9.80 Å². The summed E-state index contributed by atoms with van der Waals surface area (Å²) in [6.07, 6.45) is 4.58. The lowest BCUT2D eigenvalue weighted by Gasteiger charge is -2.57. The molecule has 9 heteroatoms. The summed E-state index contributed by atoms with van der Waals surface area (Å²) < 4.78 is 3.16. The standard InChI is InChI=1S/C17H18ClN7O/c1-10-5-15(25-14(21-10)3-4-19-25)24-11-6-12(24)9-23(8-11)13-7-20-22(2)17(26)16(13)18/h3-5,7,11-12H,6,8-9H2,1-2H3. The van der Waals surface area contributed by atoms with Crippen molar-refractivity contribution in [2.24, 2.45) is 7.05 Å². The molecule has 0 radical (unpaired) electrons. The number of hydrogen-bond donors (Lipinski definition) is 0. The number of fused-ring (bicyclic) bond motifs is 3. The summed E-state index contributed by atoms with van der Waals surface area (Å²) >= 11 is 6.28. The average Bonchev–Trinajstić information content (AvgIpc) is 3.08. The number of piperazine rings is 1. The van der Waals surface area contributed by atoms with Gasteiger partial charge in [-0.05, 0) is 13.3 Å². The number of nitrogens with zero attached hydrogens (tertiary/aromatic N) is 7.